The lowest BCUT2D eigenvalue weighted by atomic mass is 10.2. The van der Waals surface area contributed by atoms with Gasteiger partial charge >= 0.3 is 0 Å². The van der Waals surface area contributed by atoms with Crippen LogP contribution >= 0.6 is 11.8 Å². The van der Waals surface area contributed by atoms with Crippen molar-refractivity contribution in [2.45, 2.75) is 23.9 Å². The first kappa shape index (κ1) is 26.2. The first-order chi connectivity index (χ1) is 17.8. The third kappa shape index (κ3) is 7.34. The molecule has 0 saturated heterocycles. The van der Waals surface area contributed by atoms with Gasteiger partial charge in [0.05, 0.1) is 4.90 Å². The van der Waals surface area contributed by atoms with E-state index in [2.05, 4.69) is 25.2 Å². The number of carbonyl (C=O) groups excluding carboxylic acids is 1. The van der Waals surface area contributed by atoms with Crippen molar-refractivity contribution in [3.05, 3.63) is 83.9 Å². The molecule has 1 heterocycles. The van der Waals surface area contributed by atoms with Crippen molar-refractivity contribution >= 4 is 33.4 Å². The van der Waals surface area contributed by atoms with Crippen LogP contribution in [0.15, 0.2) is 82.8 Å². The van der Waals surface area contributed by atoms with Crippen LogP contribution in [0, 0.1) is 13.8 Å². The highest BCUT2D eigenvalue weighted by atomic mass is 32.2. The number of rotatable bonds is 11. The number of nitrogens with one attached hydrogen (secondary N) is 3. The summed E-state index contributed by atoms with van der Waals surface area (Å²) in [5.41, 5.74) is 3.08. The molecule has 0 radical (unpaired) electrons. The van der Waals surface area contributed by atoms with E-state index in [0.29, 0.717) is 40.3 Å². The molecule has 1 aromatic heterocycles. The maximum Gasteiger partial charge on any atom is 0.261 e. The van der Waals surface area contributed by atoms with Crippen molar-refractivity contribution in [2.24, 2.45) is 0 Å². The number of ether oxygens (including phenoxy) is 1. The Balaban J connectivity index is 1.22. The third-order valence-corrected chi connectivity index (χ3v) is 7.51. The fraction of sp³-hybridized carbons (Fsp3) is 0.192. The summed E-state index contributed by atoms with van der Waals surface area (Å²) in [7, 11) is -3.75. The van der Waals surface area contributed by atoms with E-state index in [1.165, 1.54) is 23.9 Å². The minimum atomic E-state index is -3.75. The molecular weight excluding hydrogens is 510 g/mol. The number of carbonyl (C=O) groups is 1. The van der Waals surface area contributed by atoms with Crippen LogP contribution in [0.4, 0.5) is 5.69 Å². The minimum absolute atomic E-state index is 0.113. The van der Waals surface area contributed by atoms with Gasteiger partial charge in [-0.25, -0.2) is 13.4 Å². The quantitative estimate of drug-likeness (QED) is 0.194. The molecule has 0 bridgehead atoms. The first-order valence-corrected chi connectivity index (χ1v) is 14.0. The Morgan fingerprint density at radius 3 is 2.51 bits per heavy atom. The van der Waals surface area contributed by atoms with Gasteiger partial charge in [-0.15, -0.1) is 5.10 Å². The molecular formula is C26H27N5O4S2. The van der Waals surface area contributed by atoms with Gasteiger partial charge in [-0.05, 0) is 49.7 Å². The second-order valence-electron chi connectivity index (χ2n) is 8.22. The van der Waals surface area contributed by atoms with Crippen molar-refractivity contribution in [1.82, 2.24) is 20.5 Å². The molecule has 4 rings (SSSR count). The summed E-state index contributed by atoms with van der Waals surface area (Å²) in [4.78, 5) is 16.8. The predicted molar refractivity (Wildman–Crippen MR) is 144 cm³/mol. The third-order valence-electron chi connectivity index (χ3n) is 5.29. The zero-order chi connectivity index (χ0) is 26.3. The fourth-order valence-corrected chi connectivity index (χ4v) is 5.15. The average molecular weight is 538 g/mol. The van der Waals surface area contributed by atoms with Gasteiger partial charge in [-0.1, -0.05) is 59.8 Å². The van der Waals surface area contributed by atoms with E-state index >= 15 is 0 Å². The standard InChI is InChI=1S/C26H27N5O4S2/c1-18-8-10-21(11-9-18)31-37(33,34)22-12-13-23(19(2)16-22)35-17-24(32)27-14-15-36-26-28-25(29-30-26)20-6-4-3-5-7-20/h3-13,16,31H,14-15,17H2,1-2H3,(H,27,32)(H,28,29,30). The first-order valence-electron chi connectivity index (χ1n) is 11.5. The van der Waals surface area contributed by atoms with Gasteiger partial charge in [0.2, 0.25) is 5.16 Å². The highest BCUT2D eigenvalue weighted by Crippen LogP contribution is 2.24. The molecule has 3 N–H and O–H groups in total. The van der Waals surface area contributed by atoms with Gasteiger partial charge in [-0.2, -0.15) is 0 Å². The van der Waals surface area contributed by atoms with Gasteiger partial charge in [0.15, 0.2) is 12.4 Å². The number of aromatic nitrogens is 3. The van der Waals surface area contributed by atoms with Crippen molar-refractivity contribution in [1.29, 1.82) is 0 Å². The van der Waals surface area contributed by atoms with E-state index in [9.17, 15) is 13.2 Å². The van der Waals surface area contributed by atoms with E-state index in [-0.39, 0.29) is 17.4 Å². The van der Waals surface area contributed by atoms with Crippen LogP contribution < -0.4 is 14.8 Å². The number of aryl methyl sites for hydroxylation is 2. The van der Waals surface area contributed by atoms with Crippen LogP contribution in [0.3, 0.4) is 0 Å². The molecule has 0 aliphatic carbocycles. The maximum atomic E-state index is 12.7. The molecule has 0 unspecified atom stereocenters. The van der Waals surface area contributed by atoms with Gasteiger partial charge in [-0.3, -0.25) is 14.6 Å². The van der Waals surface area contributed by atoms with Crippen LogP contribution in [0.5, 0.6) is 5.75 Å². The molecule has 0 aliphatic heterocycles. The number of anilines is 1. The molecule has 192 valence electrons. The summed E-state index contributed by atoms with van der Waals surface area (Å²) in [6, 6.07) is 21.3. The van der Waals surface area contributed by atoms with Crippen molar-refractivity contribution < 1.29 is 17.9 Å². The van der Waals surface area contributed by atoms with Crippen LogP contribution in [0.25, 0.3) is 11.4 Å². The van der Waals surface area contributed by atoms with E-state index in [1.54, 1.807) is 25.1 Å². The SMILES string of the molecule is Cc1ccc(NS(=O)(=O)c2ccc(OCC(=O)NCCSc3n[nH]c(-c4ccccc4)n3)c(C)c2)cc1. The number of benzene rings is 3. The number of hydrogen-bond acceptors (Lipinski definition) is 7. The highest BCUT2D eigenvalue weighted by Gasteiger charge is 2.16. The number of H-pyrrole nitrogens is 1. The normalized spacial score (nSPS) is 11.2. The van der Waals surface area contributed by atoms with Gasteiger partial charge in [0.25, 0.3) is 15.9 Å². The summed E-state index contributed by atoms with van der Waals surface area (Å²) in [5, 5.41) is 10.5. The largest absolute Gasteiger partial charge is 0.484 e. The lowest BCUT2D eigenvalue weighted by Gasteiger charge is -2.12. The molecule has 1 amide bonds. The zero-order valence-electron chi connectivity index (χ0n) is 20.4. The lowest BCUT2D eigenvalue weighted by Crippen LogP contribution is -2.30. The molecule has 0 spiro atoms. The highest BCUT2D eigenvalue weighted by molar-refractivity contribution is 7.99. The lowest BCUT2D eigenvalue weighted by molar-refractivity contribution is -0.122. The van der Waals surface area contributed by atoms with E-state index in [1.807, 2.05) is 49.4 Å². The summed E-state index contributed by atoms with van der Waals surface area (Å²) >= 11 is 1.43. The molecule has 0 fully saturated rings. The van der Waals surface area contributed by atoms with Crippen molar-refractivity contribution in [3.8, 4) is 17.1 Å². The second-order valence-corrected chi connectivity index (χ2v) is 11.0. The van der Waals surface area contributed by atoms with Crippen LogP contribution in [-0.2, 0) is 14.8 Å². The second kappa shape index (κ2) is 11.9. The number of sulfonamides is 1. The Morgan fingerprint density at radius 2 is 1.78 bits per heavy atom. The molecule has 0 atom stereocenters. The fourth-order valence-electron chi connectivity index (χ4n) is 3.35. The van der Waals surface area contributed by atoms with Crippen LogP contribution in [0.1, 0.15) is 11.1 Å². The number of nitrogens with zero attached hydrogens (tertiary/aromatic N) is 2. The molecule has 0 saturated carbocycles. The average Bonchev–Trinajstić information content (AvgIpc) is 3.37. The Bertz CT molecular complexity index is 1460. The Kier molecular flexibility index (Phi) is 8.47. The van der Waals surface area contributed by atoms with E-state index < -0.39 is 10.0 Å². The number of amides is 1. The van der Waals surface area contributed by atoms with Crippen LogP contribution in [-0.4, -0.2) is 48.4 Å². The monoisotopic (exact) mass is 537 g/mol. The van der Waals surface area contributed by atoms with E-state index in [0.717, 1.165) is 11.1 Å². The van der Waals surface area contributed by atoms with Crippen molar-refractivity contribution in [3.63, 3.8) is 0 Å². The summed E-state index contributed by atoms with van der Waals surface area (Å²) in [5.74, 6) is 1.45. The van der Waals surface area contributed by atoms with E-state index in [4.69, 9.17) is 4.74 Å². The topological polar surface area (TPSA) is 126 Å². The Hall–Kier alpha value is -3.83. The summed E-state index contributed by atoms with van der Waals surface area (Å²) < 4.78 is 33.6. The van der Waals surface area contributed by atoms with Gasteiger partial charge < -0.3 is 10.1 Å². The summed E-state index contributed by atoms with van der Waals surface area (Å²) in [6.45, 7) is 3.90. The van der Waals surface area contributed by atoms with Crippen molar-refractivity contribution in [2.75, 3.05) is 23.6 Å². The molecule has 37 heavy (non-hydrogen) atoms. The summed E-state index contributed by atoms with van der Waals surface area (Å²) in [6.07, 6.45) is 0. The smallest absolute Gasteiger partial charge is 0.261 e. The molecule has 0 aliphatic rings. The Morgan fingerprint density at radius 1 is 1.03 bits per heavy atom. The minimum Gasteiger partial charge on any atom is -0.484 e. The number of hydrogen-bond donors (Lipinski definition) is 3. The zero-order valence-corrected chi connectivity index (χ0v) is 22.0. The molecule has 11 heteroatoms. The number of thioether (sulfide) groups is 1. The molecule has 3 aromatic carbocycles. The Labute approximate surface area is 220 Å². The maximum absolute atomic E-state index is 12.7. The predicted octanol–water partition coefficient (Wildman–Crippen LogP) is 4.18. The van der Waals surface area contributed by atoms with Crippen LogP contribution in [0.2, 0.25) is 0 Å². The van der Waals surface area contributed by atoms with Gasteiger partial charge in [0.1, 0.15) is 5.75 Å². The molecule has 9 nitrogen and oxygen atoms in total. The number of aromatic amines is 1. The van der Waals surface area contributed by atoms with Gasteiger partial charge in [0, 0.05) is 23.5 Å². The molecule has 4 aromatic rings.